The van der Waals surface area contributed by atoms with Crippen molar-refractivity contribution in [1.82, 2.24) is 20.6 Å². The van der Waals surface area contributed by atoms with E-state index < -0.39 is 0 Å². The van der Waals surface area contributed by atoms with Gasteiger partial charge in [0.05, 0.1) is 13.0 Å². The Morgan fingerprint density at radius 2 is 2.30 bits per heavy atom. The average molecular weight is 270 g/mol. The fourth-order valence-electron chi connectivity index (χ4n) is 1.72. The van der Waals surface area contributed by atoms with E-state index in [4.69, 9.17) is 0 Å². The Morgan fingerprint density at radius 1 is 1.45 bits per heavy atom. The monoisotopic (exact) mass is 270 g/mol. The molecule has 6 nitrogen and oxygen atoms in total. The molecule has 2 heterocycles. The van der Waals surface area contributed by atoms with Gasteiger partial charge in [-0.3, -0.25) is 9.59 Å². The third-order valence-corrected chi connectivity index (χ3v) is 2.69. The van der Waals surface area contributed by atoms with Crippen molar-refractivity contribution in [3.63, 3.8) is 0 Å². The summed E-state index contributed by atoms with van der Waals surface area (Å²) in [7, 11) is 1.50. The number of carbonyl (C=O) groups excluding carboxylic acids is 2. The van der Waals surface area contributed by atoms with Crippen molar-refractivity contribution in [2.75, 3.05) is 13.6 Å². The van der Waals surface area contributed by atoms with Crippen molar-refractivity contribution in [2.45, 2.75) is 6.42 Å². The highest BCUT2D eigenvalue weighted by atomic mass is 16.2. The summed E-state index contributed by atoms with van der Waals surface area (Å²) in [4.78, 5) is 29.8. The van der Waals surface area contributed by atoms with Crippen LogP contribution >= 0.6 is 0 Å². The first-order chi connectivity index (χ1) is 9.70. The first kappa shape index (κ1) is 13.6. The SMILES string of the molecule is CNC(=O)C#CCNC(=O)Cc1c[nH]c2ncccc12. The number of aromatic nitrogens is 2. The fourth-order valence-corrected chi connectivity index (χ4v) is 1.72. The Hall–Kier alpha value is -2.81. The van der Waals surface area contributed by atoms with Crippen LogP contribution in [-0.4, -0.2) is 35.4 Å². The number of rotatable bonds is 3. The van der Waals surface area contributed by atoms with E-state index in [1.54, 1.807) is 12.4 Å². The molecule has 0 radical (unpaired) electrons. The predicted octanol–water partition coefficient (Wildman–Crippen LogP) is -0.0290. The molecule has 2 rings (SSSR count). The molecule has 0 spiro atoms. The molecule has 0 unspecified atom stereocenters. The average Bonchev–Trinajstić information content (AvgIpc) is 2.86. The van der Waals surface area contributed by atoms with Crippen LogP contribution in [0.1, 0.15) is 5.56 Å². The maximum atomic E-state index is 11.8. The second kappa shape index (κ2) is 6.38. The molecule has 0 aromatic carbocycles. The molecule has 0 bridgehead atoms. The normalized spacial score (nSPS) is 9.65. The molecule has 0 aliphatic heterocycles. The van der Waals surface area contributed by atoms with Crippen LogP contribution in [0.5, 0.6) is 0 Å². The number of carbonyl (C=O) groups is 2. The first-order valence-electron chi connectivity index (χ1n) is 6.09. The largest absolute Gasteiger partial charge is 0.348 e. The van der Waals surface area contributed by atoms with Gasteiger partial charge in [0.15, 0.2) is 0 Å². The number of amides is 2. The fraction of sp³-hybridized carbons (Fsp3) is 0.214. The smallest absolute Gasteiger partial charge is 0.295 e. The summed E-state index contributed by atoms with van der Waals surface area (Å²) in [5.41, 5.74) is 1.64. The number of nitrogens with zero attached hydrogens (tertiary/aromatic N) is 1. The van der Waals surface area contributed by atoms with E-state index in [2.05, 4.69) is 32.4 Å². The van der Waals surface area contributed by atoms with Crippen LogP contribution in [0.15, 0.2) is 24.5 Å². The summed E-state index contributed by atoms with van der Waals surface area (Å²) < 4.78 is 0. The number of H-pyrrole nitrogens is 1. The minimum Gasteiger partial charge on any atom is -0.348 e. The van der Waals surface area contributed by atoms with Gasteiger partial charge < -0.3 is 15.6 Å². The second-order valence-electron chi connectivity index (χ2n) is 4.05. The number of nitrogens with one attached hydrogen (secondary N) is 3. The summed E-state index contributed by atoms with van der Waals surface area (Å²) in [5.74, 6) is 4.39. The maximum absolute atomic E-state index is 11.8. The first-order valence-corrected chi connectivity index (χ1v) is 6.09. The van der Waals surface area contributed by atoms with Crippen LogP contribution in [0, 0.1) is 11.8 Å². The number of fused-ring (bicyclic) bond motifs is 1. The van der Waals surface area contributed by atoms with E-state index in [-0.39, 0.29) is 24.8 Å². The number of hydrogen-bond donors (Lipinski definition) is 3. The van der Waals surface area contributed by atoms with Crippen molar-refractivity contribution in [3.05, 3.63) is 30.1 Å². The molecule has 20 heavy (non-hydrogen) atoms. The van der Waals surface area contributed by atoms with E-state index in [9.17, 15) is 9.59 Å². The minimum atomic E-state index is -0.373. The zero-order chi connectivity index (χ0) is 14.4. The Bertz CT molecular complexity index is 694. The van der Waals surface area contributed by atoms with Crippen LogP contribution in [0.3, 0.4) is 0 Å². The van der Waals surface area contributed by atoms with E-state index in [1.807, 2.05) is 12.1 Å². The minimum absolute atomic E-state index is 0.146. The Morgan fingerprint density at radius 3 is 3.10 bits per heavy atom. The molecule has 2 aromatic heterocycles. The van der Waals surface area contributed by atoms with Gasteiger partial charge in [-0.1, -0.05) is 5.92 Å². The van der Waals surface area contributed by atoms with E-state index in [0.717, 1.165) is 16.6 Å². The second-order valence-corrected chi connectivity index (χ2v) is 4.05. The third-order valence-electron chi connectivity index (χ3n) is 2.69. The zero-order valence-electron chi connectivity index (χ0n) is 11.0. The Balaban J connectivity index is 1.91. The molecular weight excluding hydrogens is 256 g/mol. The molecule has 102 valence electrons. The van der Waals surface area contributed by atoms with Gasteiger partial charge in [-0.05, 0) is 23.6 Å². The van der Waals surface area contributed by atoms with Gasteiger partial charge in [0.25, 0.3) is 5.91 Å². The highest BCUT2D eigenvalue weighted by Crippen LogP contribution is 2.15. The lowest BCUT2D eigenvalue weighted by atomic mass is 10.1. The van der Waals surface area contributed by atoms with Crippen LogP contribution in [-0.2, 0) is 16.0 Å². The topological polar surface area (TPSA) is 86.9 Å². The van der Waals surface area contributed by atoms with Gasteiger partial charge in [-0.2, -0.15) is 0 Å². The molecule has 2 aromatic rings. The molecule has 0 saturated heterocycles. The van der Waals surface area contributed by atoms with Crippen LogP contribution < -0.4 is 10.6 Å². The van der Waals surface area contributed by atoms with Gasteiger partial charge in [-0.15, -0.1) is 0 Å². The molecule has 2 amide bonds. The van der Waals surface area contributed by atoms with Gasteiger partial charge in [0.2, 0.25) is 5.91 Å². The van der Waals surface area contributed by atoms with Crippen molar-refractivity contribution in [3.8, 4) is 11.8 Å². The molecule has 0 saturated carbocycles. The molecular formula is C14H14N4O2. The summed E-state index contributed by atoms with van der Waals surface area (Å²) in [6.45, 7) is 0.146. The lowest BCUT2D eigenvalue weighted by Crippen LogP contribution is -2.25. The molecule has 6 heteroatoms. The zero-order valence-corrected chi connectivity index (χ0v) is 11.0. The standard InChI is InChI=1S/C14H14N4O2/c1-15-12(19)5-3-6-16-13(20)8-10-9-18-14-11(10)4-2-7-17-14/h2,4,7,9H,6,8H2,1H3,(H,15,19)(H,16,20)(H,17,18). The summed E-state index contributed by atoms with van der Waals surface area (Å²) in [6, 6.07) is 3.74. The number of hydrogen-bond acceptors (Lipinski definition) is 3. The van der Waals surface area contributed by atoms with Crippen molar-refractivity contribution >= 4 is 22.8 Å². The number of pyridine rings is 1. The summed E-state index contributed by atoms with van der Waals surface area (Å²) in [6.07, 6.45) is 3.71. The van der Waals surface area contributed by atoms with Crippen molar-refractivity contribution in [1.29, 1.82) is 0 Å². The Kier molecular flexibility index (Phi) is 4.35. The van der Waals surface area contributed by atoms with Crippen LogP contribution in [0.4, 0.5) is 0 Å². The number of aromatic amines is 1. The molecule has 3 N–H and O–H groups in total. The summed E-state index contributed by atoms with van der Waals surface area (Å²) in [5, 5.41) is 5.94. The van der Waals surface area contributed by atoms with Gasteiger partial charge in [0, 0.05) is 24.8 Å². The Labute approximate surface area is 116 Å². The van der Waals surface area contributed by atoms with Crippen molar-refractivity contribution < 1.29 is 9.59 Å². The van der Waals surface area contributed by atoms with Gasteiger partial charge >= 0.3 is 0 Å². The molecule has 0 aliphatic rings. The van der Waals surface area contributed by atoms with E-state index >= 15 is 0 Å². The maximum Gasteiger partial charge on any atom is 0.295 e. The highest BCUT2D eigenvalue weighted by molar-refractivity contribution is 5.93. The van der Waals surface area contributed by atoms with Gasteiger partial charge in [-0.25, -0.2) is 4.98 Å². The third kappa shape index (κ3) is 3.36. The lowest BCUT2D eigenvalue weighted by molar-refractivity contribution is -0.120. The summed E-state index contributed by atoms with van der Waals surface area (Å²) >= 11 is 0. The predicted molar refractivity (Wildman–Crippen MR) is 74.7 cm³/mol. The van der Waals surface area contributed by atoms with Crippen LogP contribution in [0.25, 0.3) is 11.0 Å². The van der Waals surface area contributed by atoms with Crippen LogP contribution in [0.2, 0.25) is 0 Å². The molecule has 0 atom stereocenters. The molecule has 0 fully saturated rings. The highest BCUT2D eigenvalue weighted by Gasteiger charge is 2.08. The van der Waals surface area contributed by atoms with Crippen molar-refractivity contribution in [2.24, 2.45) is 0 Å². The quantitative estimate of drug-likeness (QED) is 0.685. The lowest BCUT2D eigenvalue weighted by Gasteiger charge is -2.00. The molecule has 0 aliphatic carbocycles. The van der Waals surface area contributed by atoms with E-state index in [1.165, 1.54) is 7.05 Å². The van der Waals surface area contributed by atoms with Gasteiger partial charge in [0.1, 0.15) is 5.65 Å². The van der Waals surface area contributed by atoms with E-state index in [0.29, 0.717) is 0 Å².